The van der Waals surface area contributed by atoms with Crippen LogP contribution in [0.1, 0.15) is 28.8 Å². The second-order valence-corrected chi connectivity index (χ2v) is 6.67. The summed E-state index contributed by atoms with van der Waals surface area (Å²) in [5, 5.41) is 10.7. The zero-order valence-electron chi connectivity index (χ0n) is 11.5. The molecule has 0 unspecified atom stereocenters. The number of aryl methyl sites for hydroxylation is 1. The summed E-state index contributed by atoms with van der Waals surface area (Å²) in [6.45, 7) is 2.46. The smallest absolute Gasteiger partial charge is 0.269 e. The standard InChI is InChI=1S/C14H17BrN2O3/c1-9-5-12(17(19)20)3-4-13(9)14(18)16(2)8-10-6-11(15)7-10/h3-5,10-11H,6-8H2,1-2H3. The topological polar surface area (TPSA) is 63.5 Å². The monoisotopic (exact) mass is 340 g/mol. The quantitative estimate of drug-likeness (QED) is 0.480. The van der Waals surface area contributed by atoms with E-state index in [0.717, 1.165) is 19.4 Å². The van der Waals surface area contributed by atoms with Gasteiger partial charge in [-0.15, -0.1) is 0 Å². The van der Waals surface area contributed by atoms with E-state index in [1.165, 1.54) is 12.1 Å². The molecule has 1 aromatic carbocycles. The second-order valence-electron chi connectivity index (χ2n) is 5.38. The number of nitrogens with zero attached hydrogens (tertiary/aromatic N) is 2. The third-order valence-corrected chi connectivity index (χ3v) is 4.46. The molecule has 1 saturated carbocycles. The normalized spacial score (nSPS) is 21.1. The van der Waals surface area contributed by atoms with Gasteiger partial charge in [-0.05, 0) is 37.3 Å². The summed E-state index contributed by atoms with van der Waals surface area (Å²) in [6, 6.07) is 4.37. The molecule has 20 heavy (non-hydrogen) atoms. The number of amides is 1. The third kappa shape index (κ3) is 3.17. The summed E-state index contributed by atoms with van der Waals surface area (Å²) in [5.41, 5.74) is 1.19. The highest BCUT2D eigenvalue weighted by atomic mass is 79.9. The summed E-state index contributed by atoms with van der Waals surface area (Å²) in [7, 11) is 1.78. The van der Waals surface area contributed by atoms with Crippen LogP contribution in [0.3, 0.4) is 0 Å². The van der Waals surface area contributed by atoms with Gasteiger partial charge in [0.2, 0.25) is 0 Å². The first-order valence-corrected chi connectivity index (χ1v) is 7.44. The van der Waals surface area contributed by atoms with Crippen molar-refractivity contribution < 1.29 is 9.72 Å². The fourth-order valence-corrected chi connectivity index (χ4v) is 3.54. The Bertz CT molecular complexity index is 541. The molecule has 1 amide bonds. The molecule has 1 fully saturated rings. The van der Waals surface area contributed by atoms with E-state index in [2.05, 4.69) is 15.9 Å². The number of benzene rings is 1. The van der Waals surface area contributed by atoms with Gasteiger partial charge in [0.25, 0.3) is 11.6 Å². The van der Waals surface area contributed by atoms with E-state index in [1.807, 2.05) is 0 Å². The number of halogens is 1. The summed E-state index contributed by atoms with van der Waals surface area (Å²) >= 11 is 3.54. The van der Waals surface area contributed by atoms with E-state index < -0.39 is 4.92 Å². The van der Waals surface area contributed by atoms with Crippen LogP contribution in [0.2, 0.25) is 0 Å². The van der Waals surface area contributed by atoms with Gasteiger partial charge in [-0.1, -0.05) is 15.9 Å². The predicted molar refractivity (Wildman–Crippen MR) is 80.2 cm³/mol. The Morgan fingerprint density at radius 3 is 2.65 bits per heavy atom. The van der Waals surface area contributed by atoms with Gasteiger partial charge in [0.05, 0.1) is 4.92 Å². The molecule has 1 aliphatic rings. The van der Waals surface area contributed by atoms with Gasteiger partial charge >= 0.3 is 0 Å². The molecule has 0 bridgehead atoms. The lowest BCUT2D eigenvalue weighted by molar-refractivity contribution is -0.384. The minimum Gasteiger partial charge on any atom is -0.341 e. The molecule has 0 aliphatic heterocycles. The zero-order valence-corrected chi connectivity index (χ0v) is 13.1. The van der Waals surface area contributed by atoms with Crippen LogP contribution < -0.4 is 0 Å². The number of nitro benzene ring substituents is 1. The first-order valence-electron chi connectivity index (χ1n) is 6.53. The minimum atomic E-state index is -0.449. The zero-order chi connectivity index (χ0) is 14.9. The molecule has 0 spiro atoms. The Balaban J connectivity index is 2.06. The number of carbonyl (C=O) groups is 1. The summed E-state index contributed by atoms with van der Waals surface area (Å²) in [6.07, 6.45) is 2.19. The maximum atomic E-state index is 12.3. The highest BCUT2D eigenvalue weighted by Gasteiger charge is 2.29. The van der Waals surface area contributed by atoms with Gasteiger partial charge in [0.1, 0.15) is 0 Å². The van der Waals surface area contributed by atoms with Crippen LogP contribution in [0, 0.1) is 23.0 Å². The van der Waals surface area contributed by atoms with Crippen molar-refractivity contribution in [1.29, 1.82) is 0 Å². The number of nitro groups is 1. The number of hydrogen-bond acceptors (Lipinski definition) is 3. The van der Waals surface area contributed by atoms with Gasteiger partial charge in [0, 0.05) is 36.1 Å². The Labute approximate surface area is 126 Å². The number of hydrogen-bond donors (Lipinski definition) is 0. The van der Waals surface area contributed by atoms with E-state index in [0.29, 0.717) is 21.9 Å². The lowest BCUT2D eigenvalue weighted by atomic mass is 9.85. The van der Waals surface area contributed by atoms with Crippen LogP contribution in [0.4, 0.5) is 5.69 Å². The van der Waals surface area contributed by atoms with Crippen LogP contribution in [-0.4, -0.2) is 34.2 Å². The predicted octanol–water partition coefficient (Wildman–Crippen LogP) is 3.15. The molecular formula is C14H17BrN2O3. The molecule has 108 valence electrons. The summed E-state index contributed by atoms with van der Waals surface area (Å²) in [4.78, 5) is 24.9. The number of alkyl halides is 1. The third-order valence-electron chi connectivity index (χ3n) is 3.71. The fraction of sp³-hybridized carbons (Fsp3) is 0.500. The molecular weight excluding hydrogens is 324 g/mol. The SMILES string of the molecule is Cc1cc([N+](=O)[O-])ccc1C(=O)N(C)CC1CC(Br)C1. The molecule has 2 rings (SSSR count). The van der Waals surface area contributed by atoms with Crippen molar-refractivity contribution in [2.45, 2.75) is 24.6 Å². The largest absolute Gasteiger partial charge is 0.341 e. The molecule has 1 aromatic rings. The van der Waals surface area contributed by atoms with Crippen LogP contribution in [0.25, 0.3) is 0 Å². The van der Waals surface area contributed by atoms with Gasteiger partial charge < -0.3 is 4.90 Å². The van der Waals surface area contributed by atoms with Crippen molar-refractivity contribution in [1.82, 2.24) is 4.90 Å². The molecule has 5 nitrogen and oxygen atoms in total. The minimum absolute atomic E-state index is 0.0165. The van der Waals surface area contributed by atoms with E-state index >= 15 is 0 Å². The van der Waals surface area contributed by atoms with Crippen molar-refractivity contribution in [3.63, 3.8) is 0 Å². The highest BCUT2D eigenvalue weighted by Crippen LogP contribution is 2.33. The van der Waals surface area contributed by atoms with Crippen molar-refractivity contribution in [2.75, 3.05) is 13.6 Å². The van der Waals surface area contributed by atoms with Gasteiger partial charge in [-0.25, -0.2) is 0 Å². The van der Waals surface area contributed by atoms with Gasteiger partial charge in [0.15, 0.2) is 0 Å². The highest BCUT2D eigenvalue weighted by molar-refractivity contribution is 9.09. The molecule has 0 saturated heterocycles. The number of rotatable bonds is 4. The van der Waals surface area contributed by atoms with E-state index in [-0.39, 0.29) is 11.6 Å². The first-order chi connectivity index (χ1) is 9.38. The molecule has 0 heterocycles. The summed E-state index contributed by atoms with van der Waals surface area (Å²) in [5.74, 6) is 0.474. The Morgan fingerprint density at radius 2 is 2.15 bits per heavy atom. The van der Waals surface area contributed by atoms with Crippen molar-refractivity contribution >= 4 is 27.5 Å². The van der Waals surface area contributed by atoms with Crippen LogP contribution in [0.15, 0.2) is 18.2 Å². The lowest BCUT2D eigenvalue weighted by Gasteiger charge is -2.34. The Kier molecular flexibility index (Phi) is 4.42. The first kappa shape index (κ1) is 15.0. The fourth-order valence-electron chi connectivity index (χ4n) is 2.48. The molecule has 0 atom stereocenters. The number of carbonyl (C=O) groups excluding carboxylic acids is 1. The molecule has 0 aromatic heterocycles. The van der Waals surface area contributed by atoms with Crippen LogP contribution in [-0.2, 0) is 0 Å². The van der Waals surface area contributed by atoms with E-state index in [9.17, 15) is 14.9 Å². The van der Waals surface area contributed by atoms with Crippen molar-refractivity contribution in [3.8, 4) is 0 Å². The van der Waals surface area contributed by atoms with Crippen LogP contribution >= 0.6 is 15.9 Å². The van der Waals surface area contributed by atoms with Gasteiger partial charge in [-0.3, -0.25) is 14.9 Å². The number of non-ortho nitro benzene ring substituents is 1. The van der Waals surface area contributed by atoms with Crippen molar-refractivity contribution in [3.05, 3.63) is 39.4 Å². The molecule has 6 heteroatoms. The second kappa shape index (κ2) is 5.91. The van der Waals surface area contributed by atoms with Gasteiger partial charge in [-0.2, -0.15) is 0 Å². The lowest BCUT2D eigenvalue weighted by Crippen LogP contribution is -2.38. The average molecular weight is 341 g/mol. The molecule has 1 aliphatic carbocycles. The maximum Gasteiger partial charge on any atom is 0.269 e. The Hall–Kier alpha value is -1.43. The summed E-state index contributed by atoms with van der Waals surface area (Å²) < 4.78 is 0. The van der Waals surface area contributed by atoms with Crippen LogP contribution in [0.5, 0.6) is 0 Å². The van der Waals surface area contributed by atoms with E-state index in [4.69, 9.17) is 0 Å². The maximum absolute atomic E-state index is 12.3. The Morgan fingerprint density at radius 1 is 1.50 bits per heavy atom. The van der Waals surface area contributed by atoms with E-state index in [1.54, 1.807) is 24.9 Å². The molecule has 0 radical (unpaired) electrons. The molecule has 0 N–H and O–H groups in total. The average Bonchev–Trinajstić information content (AvgIpc) is 2.35. The van der Waals surface area contributed by atoms with Crippen molar-refractivity contribution in [2.24, 2.45) is 5.92 Å².